The molecule has 2 amide bonds. The van der Waals surface area contributed by atoms with Gasteiger partial charge < -0.3 is 5.32 Å². The van der Waals surface area contributed by atoms with Gasteiger partial charge in [-0.2, -0.15) is 0 Å². The third-order valence-electron chi connectivity index (χ3n) is 4.00. The summed E-state index contributed by atoms with van der Waals surface area (Å²) in [6.45, 7) is 3.50. The van der Waals surface area contributed by atoms with Crippen molar-refractivity contribution in [3.05, 3.63) is 69.8 Å². The second kappa shape index (κ2) is 8.57. The van der Waals surface area contributed by atoms with Crippen molar-refractivity contribution in [2.24, 2.45) is 0 Å². The fraction of sp³-hybridized carbons (Fsp3) is 0.158. The summed E-state index contributed by atoms with van der Waals surface area (Å²) in [5.41, 5.74) is 2.09. The zero-order valence-corrected chi connectivity index (χ0v) is 16.4. The first-order valence-electron chi connectivity index (χ1n) is 8.60. The van der Waals surface area contributed by atoms with Crippen LogP contribution in [0.25, 0.3) is 10.6 Å². The van der Waals surface area contributed by atoms with Crippen molar-refractivity contribution in [2.45, 2.75) is 19.9 Å². The number of anilines is 1. The lowest BCUT2D eigenvalue weighted by molar-refractivity contribution is -0.384. The summed E-state index contributed by atoms with van der Waals surface area (Å²) in [5, 5.41) is 24.9. The minimum absolute atomic E-state index is 0.118. The van der Waals surface area contributed by atoms with E-state index in [1.54, 1.807) is 0 Å². The lowest BCUT2D eigenvalue weighted by Crippen LogP contribution is -2.41. The first-order valence-corrected chi connectivity index (χ1v) is 9.42. The minimum atomic E-state index is -0.844. The van der Waals surface area contributed by atoms with Crippen LogP contribution in [0.3, 0.4) is 0 Å². The lowest BCUT2D eigenvalue weighted by Gasteiger charge is -2.12. The van der Waals surface area contributed by atoms with Crippen LogP contribution in [-0.4, -0.2) is 33.0 Å². The van der Waals surface area contributed by atoms with Gasteiger partial charge >= 0.3 is 0 Å². The average molecular weight is 411 g/mol. The Labute approximate surface area is 169 Å². The van der Waals surface area contributed by atoms with Crippen molar-refractivity contribution in [3.63, 3.8) is 0 Å². The van der Waals surface area contributed by atoms with E-state index in [0.717, 1.165) is 11.1 Å². The van der Waals surface area contributed by atoms with Crippen LogP contribution < -0.4 is 10.6 Å². The van der Waals surface area contributed by atoms with Crippen molar-refractivity contribution in [3.8, 4) is 10.6 Å². The molecule has 0 aliphatic heterocycles. The summed E-state index contributed by atoms with van der Waals surface area (Å²) in [6, 6.07) is 12.0. The summed E-state index contributed by atoms with van der Waals surface area (Å²) in [5.74, 6) is -0.965. The lowest BCUT2D eigenvalue weighted by atomic mass is 10.1. The highest BCUT2D eigenvalue weighted by molar-refractivity contribution is 7.18. The topological polar surface area (TPSA) is 127 Å². The fourth-order valence-corrected chi connectivity index (χ4v) is 3.21. The largest absolute Gasteiger partial charge is 0.341 e. The van der Waals surface area contributed by atoms with E-state index in [9.17, 15) is 19.7 Å². The third kappa shape index (κ3) is 4.99. The first-order chi connectivity index (χ1) is 13.8. The van der Waals surface area contributed by atoms with Crippen molar-refractivity contribution in [1.82, 2.24) is 15.5 Å². The molecule has 148 valence electrons. The number of carbonyl (C=O) groups is 2. The predicted octanol–water partition coefficient (Wildman–Crippen LogP) is 3.18. The number of aromatic nitrogens is 2. The molecule has 3 rings (SSSR count). The van der Waals surface area contributed by atoms with Gasteiger partial charge in [0.15, 0.2) is 0 Å². The summed E-state index contributed by atoms with van der Waals surface area (Å²) >= 11 is 1.23. The van der Waals surface area contributed by atoms with E-state index >= 15 is 0 Å². The van der Waals surface area contributed by atoms with Crippen LogP contribution in [0.5, 0.6) is 0 Å². The number of nitrogens with zero attached hydrogens (tertiary/aromatic N) is 3. The molecule has 9 nitrogen and oxygen atoms in total. The number of nitrogens with one attached hydrogen (secondary N) is 2. The Balaban J connectivity index is 1.60. The molecule has 1 aromatic heterocycles. The van der Waals surface area contributed by atoms with Gasteiger partial charge in [0.1, 0.15) is 11.0 Å². The molecular weight excluding hydrogens is 394 g/mol. The van der Waals surface area contributed by atoms with Gasteiger partial charge in [-0.25, -0.2) is 0 Å². The summed E-state index contributed by atoms with van der Waals surface area (Å²) in [6.07, 6.45) is 0. The Kier molecular flexibility index (Phi) is 5.93. The fourth-order valence-electron chi connectivity index (χ4n) is 2.46. The molecule has 0 saturated heterocycles. The quantitative estimate of drug-likeness (QED) is 0.474. The van der Waals surface area contributed by atoms with Crippen molar-refractivity contribution in [1.29, 1.82) is 0 Å². The molecule has 2 aromatic carbocycles. The maximum absolute atomic E-state index is 12.3. The van der Waals surface area contributed by atoms with Crippen LogP contribution in [0.4, 0.5) is 10.8 Å². The van der Waals surface area contributed by atoms with E-state index in [0.29, 0.717) is 10.1 Å². The molecule has 1 heterocycles. The molecule has 1 unspecified atom stereocenters. The van der Waals surface area contributed by atoms with Crippen LogP contribution in [-0.2, 0) is 4.79 Å². The zero-order valence-electron chi connectivity index (χ0n) is 15.6. The summed E-state index contributed by atoms with van der Waals surface area (Å²) in [4.78, 5) is 34.7. The molecule has 29 heavy (non-hydrogen) atoms. The molecule has 0 saturated carbocycles. The second-order valence-corrected chi connectivity index (χ2v) is 7.25. The number of benzene rings is 2. The van der Waals surface area contributed by atoms with E-state index in [2.05, 4.69) is 20.8 Å². The highest BCUT2D eigenvalue weighted by Crippen LogP contribution is 2.26. The minimum Gasteiger partial charge on any atom is -0.341 e. The Morgan fingerprint density at radius 3 is 2.52 bits per heavy atom. The maximum Gasteiger partial charge on any atom is 0.269 e. The molecule has 3 aromatic rings. The molecule has 0 spiro atoms. The van der Waals surface area contributed by atoms with Crippen LogP contribution in [0.15, 0.2) is 48.5 Å². The second-order valence-electron chi connectivity index (χ2n) is 6.27. The predicted molar refractivity (Wildman–Crippen MR) is 109 cm³/mol. The van der Waals surface area contributed by atoms with Gasteiger partial charge in [-0.15, -0.1) is 10.2 Å². The van der Waals surface area contributed by atoms with Crippen LogP contribution in [0, 0.1) is 17.0 Å². The molecule has 0 fully saturated rings. The van der Waals surface area contributed by atoms with Crippen molar-refractivity contribution < 1.29 is 14.5 Å². The Morgan fingerprint density at radius 2 is 1.86 bits per heavy atom. The molecular formula is C19H17N5O4S. The van der Waals surface area contributed by atoms with Gasteiger partial charge in [0.25, 0.3) is 11.6 Å². The number of carbonyl (C=O) groups excluding carboxylic acids is 2. The van der Waals surface area contributed by atoms with Crippen LogP contribution in [0.2, 0.25) is 0 Å². The van der Waals surface area contributed by atoms with Gasteiger partial charge in [-0.1, -0.05) is 35.1 Å². The highest BCUT2D eigenvalue weighted by Gasteiger charge is 2.19. The maximum atomic E-state index is 12.3. The Hall–Kier alpha value is -3.66. The van der Waals surface area contributed by atoms with Crippen LogP contribution >= 0.6 is 11.3 Å². The van der Waals surface area contributed by atoms with Crippen molar-refractivity contribution in [2.75, 3.05) is 5.32 Å². The Morgan fingerprint density at radius 1 is 1.14 bits per heavy atom. The smallest absolute Gasteiger partial charge is 0.269 e. The number of non-ortho nitro benzene ring substituents is 1. The molecule has 0 bridgehead atoms. The van der Waals surface area contributed by atoms with Gasteiger partial charge in [0, 0.05) is 23.3 Å². The summed E-state index contributed by atoms with van der Waals surface area (Å²) < 4.78 is 0. The van der Waals surface area contributed by atoms with Gasteiger partial charge in [-0.05, 0) is 32.0 Å². The molecule has 2 N–H and O–H groups in total. The number of aryl methyl sites for hydroxylation is 1. The number of amides is 2. The van der Waals surface area contributed by atoms with Crippen LogP contribution in [0.1, 0.15) is 22.8 Å². The SMILES string of the molecule is Cc1cccc(-c2nnc(NC(=O)C(C)NC(=O)c3ccc([N+](=O)[O-])cc3)s2)c1. The van der Waals surface area contributed by atoms with E-state index < -0.39 is 22.8 Å². The highest BCUT2D eigenvalue weighted by atomic mass is 32.1. The molecule has 0 aliphatic rings. The normalized spacial score (nSPS) is 11.5. The van der Waals surface area contributed by atoms with Crippen molar-refractivity contribution >= 4 is 34.0 Å². The molecule has 1 atom stereocenters. The van der Waals surface area contributed by atoms with Gasteiger partial charge in [0.05, 0.1) is 4.92 Å². The van der Waals surface area contributed by atoms with Gasteiger partial charge in [0.2, 0.25) is 11.0 Å². The van der Waals surface area contributed by atoms with E-state index in [1.807, 2.05) is 31.2 Å². The number of hydrogen-bond donors (Lipinski definition) is 2. The number of nitro groups is 1. The average Bonchev–Trinajstić information content (AvgIpc) is 3.16. The summed E-state index contributed by atoms with van der Waals surface area (Å²) in [7, 11) is 0. The molecule has 0 aliphatic carbocycles. The van der Waals surface area contributed by atoms with E-state index in [4.69, 9.17) is 0 Å². The first kappa shape index (κ1) is 20.1. The molecule has 10 heteroatoms. The van der Waals surface area contributed by atoms with Gasteiger partial charge in [-0.3, -0.25) is 25.0 Å². The molecule has 0 radical (unpaired) electrons. The monoisotopic (exact) mass is 411 g/mol. The van der Waals surface area contributed by atoms with E-state index in [1.165, 1.54) is 42.5 Å². The number of rotatable bonds is 6. The third-order valence-corrected chi connectivity index (χ3v) is 4.89. The van der Waals surface area contributed by atoms with E-state index in [-0.39, 0.29) is 11.3 Å². The number of nitro benzene ring substituents is 1. The standard InChI is InChI=1S/C19H17N5O4S/c1-11-4-3-5-14(10-11)18-22-23-19(29-18)21-16(25)12(2)20-17(26)13-6-8-15(9-7-13)24(27)28/h3-10,12H,1-2H3,(H,20,26)(H,21,23,25). The Bertz CT molecular complexity index is 1060. The zero-order chi connectivity index (χ0) is 21.0. The number of hydrogen-bond acceptors (Lipinski definition) is 7.